The molecule has 166 valence electrons. The van der Waals surface area contributed by atoms with Crippen molar-refractivity contribution in [1.29, 1.82) is 0 Å². The Bertz CT molecular complexity index is 905. The highest BCUT2D eigenvalue weighted by molar-refractivity contribution is 5.76. The van der Waals surface area contributed by atoms with Crippen molar-refractivity contribution in [3.05, 3.63) is 53.3 Å². The molecule has 1 fully saturated rings. The Hall–Kier alpha value is -2.47. The number of hydrogen-bond acceptors (Lipinski definition) is 5. The minimum absolute atomic E-state index is 0.0430. The van der Waals surface area contributed by atoms with Gasteiger partial charge in [-0.2, -0.15) is 0 Å². The van der Waals surface area contributed by atoms with Crippen molar-refractivity contribution < 1.29 is 9.53 Å². The maximum absolute atomic E-state index is 12.7. The summed E-state index contributed by atoms with van der Waals surface area (Å²) in [7, 11) is 0. The van der Waals surface area contributed by atoms with E-state index in [9.17, 15) is 4.79 Å². The van der Waals surface area contributed by atoms with Crippen LogP contribution in [0.1, 0.15) is 63.4 Å². The second kappa shape index (κ2) is 8.95. The van der Waals surface area contributed by atoms with Gasteiger partial charge >= 0.3 is 0 Å². The normalized spacial score (nSPS) is 25.0. The van der Waals surface area contributed by atoms with Crippen molar-refractivity contribution in [1.82, 2.24) is 15.3 Å². The molecule has 3 atom stereocenters. The standard InChI is InChI=1S/C25H34N4O2/c1-17-15-29(16-18(2)31-17)24-26-14-20-21(12-25(3,4)13-22(20)28-24)27-23(30)11-10-19-8-6-5-7-9-19/h5-9,14,17-18,21H,10-13,15-16H2,1-4H3,(H,27,30)/t17-,18+,21-/m0/s1. The van der Waals surface area contributed by atoms with Gasteiger partial charge in [0.15, 0.2) is 0 Å². The van der Waals surface area contributed by atoms with Gasteiger partial charge in [-0.1, -0.05) is 44.2 Å². The number of morpholine rings is 1. The van der Waals surface area contributed by atoms with Gasteiger partial charge in [0.1, 0.15) is 0 Å². The average Bonchev–Trinajstić information content (AvgIpc) is 2.71. The Morgan fingerprint density at radius 3 is 2.61 bits per heavy atom. The van der Waals surface area contributed by atoms with E-state index in [1.54, 1.807) is 0 Å². The third kappa shape index (κ3) is 5.42. The van der Waals surface area contributed by atoms with Crippen molar-refractivity contribution in [3.63, 3.8) is 0 Å². The van der Waals surface area contributed by atoms with Crippen LogP contribution in [0.3, 0.4) is 0 Å². The van der Waals surface area contributed by atoms with Crippen LogP contribution in [0.4, 0.5) is 5.95 Å². The number of anilines is 1. The van der Waals surface area contributed by atoms with E-state index in [2.05, 4.69) is 50.0 Å². The summed E-state index contributed by atoms with van der Waals surface area (Å²) < 4.78 is 5.85. The van der Waals surface area contributed by atoms with Gasteiger partial charge in [-0.25, -0.2) is 9.97 Å². The summed E-state index contributed by atoms with van der Waals surface area (Å²) in [5.74, 6) is 0.852. The minimum Gasteiger partial charge on any atom is -0.372 e. The van der Waals surface area contributed by atoms with Crippen LogP contribution >= 0.6 is 0 Å². The maximum Gasteiger partial charge on any atom is 0.225 e. The van der Waals surface area contributed by atoms with Crippen molar-refractivity contribution in [2.45, 2.75) is 71.6 Å². The van der Waals surface area contributed by atoms with Gasteiger partial charge in [-0.15, -0.1) is 0 Å². The molecule has 1 aromatic carbocycles. The molecule has 4 rings (SSSR count). The third-order valence-corrected chi connectivity index (χ3v) is 6.19. The van der Waals surface area contributed by atoms with E-state index in [0.717, 1.165) is 49.6 Å². The van der Waals surface area contributed by atoms with Crippen LogP contribution in [0, 0.1) is 5.41 Å². The van der Waals surface area contributed by atoms with Gasteiger partial charge < -0.3 is 15.0 Å². The lowest BCUT2D eigenvalue weighted by molar-refractivity contribution is -0.122. The van der Waals surface area contributed by atoms with Crippen LogP contribution in [-0.4, -0.2) is 41.2 Å². The van der Waals surface area contributed by atoms with Crippen molar-refractivity contribution in [3.8, 4) is 0 Å². The second-order valence-electron chi connectivity index (χ2n) is 9.89. The molecule has 1 N–H and O–H groups in total. The SMILES string of the molecule is C[C@@H]1CN(c2ncc3c(n2)CC(C)(C)C[C@@H]3NC(=O)CCc2ccccc2)C[C@H](C)O1. The van der Waals surface area contributed by atoms with Gasteiger partial charge in [-0.05, 0) is 44.1 Å². The summed E-state index contributed by atoms with van der Waals surface area (Å²) in [6.45, 7) is 10.3. The smallest absolute Gasteiger partial charge is 0.225 e. The fourth-order valence-electron chi connectivity index (χ4n) is 4.83. The van der Waals surface area contributed by atoms with Crippen LogP contribution < -0.4 is 10.2 Å². The van der Waals surface area contributed by atoms with Crippen molar-refractivity contribution in [2.75, 3.05) is 18.0 Å². The lowest BCUT2D eigenvalue weighted by Gasteiger charge is -2.38. The third-order valence-electron chi connectivity index (χ3n) is 6.19. The van der Waals surface area contributed by atoms with E-state index in [4.69, 9.17) is 14.7 Å². The van der Waals surface area contributed by atoms with Crippen LogP contribution in [0.25, 0.3) is 0 Å². The number of aromatic nitrogens is 2. The molecule has 1 aliphatic heterocycles. The summed E-state index contributed by atoms with van der Waals surface area (Å²) in [6, 6.07) is 10.1. The molecule has 0 spiro atoms. The van der Waals surface area contributed by atoms with Gasteiger partial charge in [0.25, 0.3) is 0 Å². The van der Waals surface area contributed by atoms with Gasteiger partial charge in [0.05, 0.1) is 23.9 Å². The summed E-state index contributed by atoms with van der Waals surface area (Å²) >= 11 is 0. The fraction of sp³-hybridized carbons (Fsp3) is 0.560. The maximum atomic E-state index is 12.7. The molecular formula is C25H34N4O2. The highest BCUT2D eigenvalue weighted by Crippen LogP contribution is 2.40. The fourth-order valence-corrected chi connectivity index (χ4v) is 4.83. The molecule has 1 saturated heterocycles. The monoisotopic (exact) mass is 422 g/mol. The zero-order valence-electron chi connectivity index (χ0n) is 19.1. The molecule has 0 saturated carbocycles. The summed E-state index contributed by atoms with van der Waals surface area (Å²) in [5, 5.41) is 3.26. The predicted molar refractivity (Wildman–Crippen MR) is 122 cm³/mol. The summed E-state index contributed by atoms with van der Waals surface area (Å²) in [5.41, 5.74) is 3.37. The highest BCUT2D eigenvalue weighted by Gasteiger charge is 2.35. The first-order valence-corrected chi connectivity index (χ1v) is 11.4. The number of fused-ring (bicyclic) bond motifs is 1. The quantitative estimate of drug-likeness (QED) is 0.793. The lowest BCUT2D eigenvalue weighted by atomic mass is 9.74. The van der Waals surface area contributed by atoms with E-state index in [1.807, 2.05) is 24.4 Å². The molecule has 2 aromatic rings. The van der Waals surface area contributed by atoms with E-state index >= 15 is 0 Å². The summed E-state index contributed by atoms with van der Waals surface area (Å²) in [6.07, 6.45) is 5.28. The summed E-state index contributed by atoms with van der Waals surface area (Å²) in [4.78, 5) is 24.6. The largest absolute Gasteiger partial charge is 0.372 e. The number of benzene rings is 1. The van der Waals surface area contributed by atoms with Crippen LogP contribution in [0.15, 0.2) is 36.5 Å². The number of amides is 1. The van der Waals surface area contributed by atoms with Gasteiger partial charge in [-0.3, -0.25) is 4.79 Å². The number of rotatable bonds is 5. The molecule has 31 heavy (non-hydrogen) atoms. The molecule has 0 radical (unpaired) electrons. The molecule has 1 aromatic heterocycles. The Labute approximate surface area is 185 Å². The Morgan fingerprint density at radius 2 is 1.90 bits per heavy atom. The molecule has 0 bridgehead atoms. The molecule has 6 heteroatoms. The average molecular weight is 423 g/mol. The first-order chi connectivity index (χ1) is 14.8. The van der Waals surface area contributed by atoms with E-state index in [-0.39, 0.29) is 29.6 Å². The molecule has 2 aliphatic rings. The van der Waals surface area contributed by atoms with Gasteiger partial charge in [0.2, 0.25) is 11.9 Å². The molecule has 1 aliphatic carbocycles. The molecule has 1 amide bonds. The van der Waals surface area contributed by atoms with Crippen LogP contribution in [-0.2, 0) is 22.4 Å². The Balaban J connectivity index is 1.48. The van der Waals surface area contributed by atoms with E-state index in [1.165, 1.54) is 5.56 Å². The van der Waals surface area contributed by atoms with Crippen molar-refractivity contribution in [2.24, 2.45) is 5.41 Å². The Morgan fingerprint density at radius 1 is 1.19 bits per heavy atom. The minimum atomic E-state index is -0.0430. The topological polar surface area (TPSA) is 67.4 Å². The first-order valence-electron chi connectivity index (χ1n) is 11.4. The number of aryl methyl sites for hydroxylation is 1. The molecular weight excluding hydrogens is 388 g/mol. The predicted octanol–water partition coefficient (Wildman–Crippen LogP) is 3.85. The number of hydrogen-bond donors (Lipinski definition) is 1. The van der Waals surface area contributed by atoms with Crippen LogP contribution in [0.2, 0.25) is 0 Å². The van der Waals surface area contributed by atoms with Gasteiger partial charge in [0, 0.05) is 31.3 Å². The van der Waals surface area contributed by atoms with Crippen LogP contribution in [0.5, 0.6) is 0 Å². The van der Waals surface area contributed by atoms with Crippen molar-refractivity contribution >= 4 is 11.9 Å². The lowest BCUT2D eigenvalue weighted by Crippen LogP contribution is -2.46. The highest BCUT2D eigenvalue weighted by atomic mass is 16.5. The number of nitrogens with one attached hydrogen (secondary N) is 1. The first kappa shape index (κ1) is 21.8. The zero-order chi connectivity index (χ0) is 22.0. The number of ether oxygens (including phenoxy) is 1. The molecule has 2 heterocycles. The number of carbonyl (C=O) groups is 1. The van der Waals surface area contributed by atoms with E-state index < -0.39 is 0 Å². The second-order valence-corrected chi connectivity index (χ2v) is 9.89. The Kier molecular flexibility index (Phi) is 6.28. The molecule has 0 unspecified atom stereocenters. The molecule has 6 nitrogen and oxygen atoms in total. The zero-order valence-corrected chi connectivity index (χ0v) is 19.1. The number of nitrogens with zero attached hydrogens (tertiary/aromatic N) is 3. The number of carbonyl (C=O) groups excluding carboxylic acids is 1. The van der Waals surface area contributed by atoms with E-state index in [0.29, 0.717) is 6.42 Å².